The molecule has 0 aliphatic heterocycles. The van der Waals surface area contributed by atoms with Crippen molar-refractivity contribution in [2.45, 2.75) is 25.7 Å². The van der Waals surface area contributed by atoms with Gasteiger partial charge in [0.1, 0.15) is 6.33 Å². The molecule has 0 radical (unpaired) electrons. The van der Waals surface area contributed by atoms with Crippen LogP contribution in [-0.2, 0) is 0 Å². The van der Waals surface area contributed by atoms with Crippen LogP contribution in [0.25, 0.3) is 0 Å². The van der Waals surface area contributed by atoms with E-state index in [2.05, 4.69) is 32.6 Å². The van der Waals surface area contributed by atoms with Crippen LogP contribution in [0.4, 0.5) is 11.5 Å². The van der Waals surface area contributed by atoms with Gasteiger partial charge in [-0.3, -0.25) is 19.6 Å². The first kappa shape index (κ1) is 18.5. The molecule has 10 heteroatoms. The van der Waals surface area contributed by atoms with Gasteiger partial charge in [0.05, 0.1) is 4.92 Å². The van der Waals surface area contributed by atoms with Gasteiger partial charge in [-0.2, -0.15) is 12.6 Å². The quantitative estimate of drug-likeness (QED) is 0.196. The van der Waals surface area contributed by atoms with Crippen LogP contribution in [-0.4, -0.2) is 39.4 Å². The lowest BCUT2D eigenvalue weighted by atomic mass is 10.2. The predicted octanol–water partition coefficient (Wildman–Crippen LogP) is 2.29. The van der Waals surface area contributed by atoms with Gasteiger partial charge in [0.2, 0.25) is 11.5 Å². The molecule has 1 heterocycles. The van der Waals surface area contributed by atoms with Gasteiger partial charge in [-0.1, -0.05) is 24.8 Å². The van der Waals surface area contributed by atoms with Crippen LogP contribution in [0.1, 0.15) is 36.2 Å². The van der Waals surface area contributed by atoms with E-state index in [9.17, 15) is 14.9 Å². The smallest absolute Gasteiger partial charge is 0.342 e. The van der Waals surface area contributed by atoms with Crippen LogP contribution in [0.2, 0.25) is 0 Å². The van der Waals surface area contributed by atoms with Crippen LogP contribution in [0.3, 0.4) is 0 Å². The molecule has 1 rings (SSSR count). The number of carbonyl (C=O) groups is 1. The number of hydrogen-bond donors (Lipinski definition) is 3. The molecule has 8 nitrogen and oxygen atoms in total. The highest BCUT2D eigenvalue weighted by atomic mass is 32.2. The van der Waals surface area contributed by atoms with Crippen molar-refractivity contribution in [2.24, 2.45) is 0 Å². The SMILES string of the molecule is CNc1ncnc(C(=O)NSCCCCCCS)c1[N+](=O)[O-]. The van der Waals surface area contributed by atoms with Crippen molar-refractivity contribution in [3.05, 3.63) is 22.1 Å². The summed E-state index contributed by atoms with van der Waals surface area (Å²) in [5.74, 6) is 1.05. The average Bonchev–Trinajstić information content (AvgIpc) is 2.52. The average molecular weight is 345 g/mol. The summed E-state index contributed by atoms with van der Waals surface area (Å²) < 4.78 is 2.58. The Hall–Kier alpha value is -1.55. The zero-order chi connectivity index (χ0) is 16.4. The lowest BCUT2D eigenvalue weighted by Gasteiger charge is -2.06. The van der Waals surface area contributed by atoms with Crippen LogP contribution in [0.15, 0.2) is 6.33 Å². The summed E-state index contributed by atoms with van der Waals surface area (Å²) in [6, 6.07) is 0. The van der Waals surface area contributed by atoms with Crippen LogP contribution < -0.4 is 10.0 Å². The number of hydrogen-bond acceptors (Lipinski definition) is 8. The number of nitrogens with zero attached hydrogens (tertiary/aromatic N) is 3. The Balaban J connectivity index is 2.54. The summed E-state index contributed by atoms with van der Waals surface area (Å²) in [4.78, 5) is 29.9. The van der Waals surface area contributed by atoms with Gasteiger partial charge in [0.25, 0.3) is 5.91 Å². The fourth-order valence-corrected chi connectivity index (χ4v) is 2.61. The van der Waals surface area contributed by atoms with Crippen molar-refractivity contribution in [3.63, 3.8) is 0 Å². The summed E-state index contributed by atoms with van der Waals surface area (Å²) >= 11 is 5.37. The Labute approximate surface area is 138 Å². The highest BCUT2D eigenvalue weighted by Gasteiger charge is 2.27. The number of amides is 1. The summed E-state index contributed by atoms with van der Waals surface area (Å²) in [6.45, 7) is 0. The summed E-state index contributed by atoms with van der Waals surface area (Å²) in [6.07, 6.45) is 5.35. The monoisotopic (exact) mass is 345 g/mol. The minimum absolute atomic E-state index is 0.0157. The molecule has 0 aliphatic carbocycles. The van der Waals surface area contributed by atoms with E-state index in [1.807, 2.05) is 0 Å². The number of unbranched alkanes of at least 4 members (excludes halogenated alkanes) is 3. The number of thiol groups is 1. The van der Waals surface area contributed by atoms with Crippen LogP contribution in [0, 0.1) is 10.1 Å². The molecule has 1 amide bonds. The lowest BCUT2D eigenvalue weighted by molar-refractivity contribution is -0.384. The molecule has 122 valence electrons. The molecule has 0 unspecified atom stereocenters. The largest absolute Gasteiger partial charge is 0.367 e. The number of nitrogens with one attached hydrogen (secondary N) is 2. The number of nitro groups is 1. The van der Waals surface area contributed by atoms with Crippen molar-refractivity contribution in [1.29, 1.82) is 0 Å². The Kier molecular flexibility index (Phi) is 8.60. The Morgan fingerprint density at radius 2 is 2.09 bits per heavy atom. The van der Waals surface area contributed by atoms with E-state index in [-0.39, 0.29) is 11.5 Å². The van der Waals surface area contributed by atoms with Crippen molar-refractivity contribution in [3.8, 4) is 0 Å². The van der Waals surface area contributed by atoms with Gasteiger partial charge in [-0.05, 0) is 18.6 Å². The number of rotatable bonds is 10. The molecule has 0 fully saturated rings. The molecular formula is C12H19N5O3S2. The highest BCUT2D eigenvalue weighted by Crippen LogP contribution is 2.24. The molecule has 1 aromatic rings. The van der Waals surface area contributed by atoms with Crippen LogP contribution in [0.5, 0.6) is 0 Å². The normalized spacial score (nSPS) is 10.3. The maximum atomic E-state index is 12.0. The number of carbonyl (C=O) groups excluding carboxylic acids is 1. The second-order valence-corrected chi connectivity index (χ2v) is 5.69. The van der Waals surface area contributed by atoms with Crippen molar-refractivity contribution < 1.29 is 9.72 Å². The Bertz CT molecular complexity index is 516. The van der Waals surface area contributed by atoms with E-state index in [0.29, 0.717) is 0 Å². The van der Waals surface area contributed by atoms with Gasteiger partial charge < -0.3 is 5.32 Å². The fraction of sp³-hybridized carbons (Fsp3) is 0.583. The molecule has 1 aromatic heterocycles. The number of aromatic nitrogens is 2. The summed E-state index contributed by atoms with van der Waals surface area (Å²) in [7, 11) is 1.50. The Morgan fingerprint density at radius 3 is 2.73 bits per heavy atom. The number of anilines is 1. The Morgan fingerprint density at radius 1 is 1.36 bits per heavy atom. The van der Waals surface area contributed by atoms with E-state index in [1.165, 1.54) is 19.0 Å². The van der Waals surface area contributed by atoms with Gasteiger partial charge >= 0.3 is 5.69 Å². The van der Waals surface area contributed by atoms with Gasteiger partial charge in [0, 0.05) is 12.8 Å². The lowest BCUT2D eigenvalue weighted by Crippen LogP contribution is -2.20. The first-order chi connectivity index (χ1) is 10.6. The third-order valence-corrected chi connectivity index (χ3v) is 3.91. The molecule has 0 spiro atoms. The van der Waals surface area contributed by atoms with E-state index in [4.69, 9.17) is 0 Å². The topological polar surface area (TPSA) is 110 Å². The zero-order valence-electron chi connectivity index (χ0n) is 12.2. The van der Waals surface area contributed by atoms with Gasteiger partial charge in [-0.25, -0.2) is 9.97 Å². The minimum atomic E-state index is -0.664. The van der Waals surface area contributed by atoms with E-state index in [0.717, 1.165) is 43.5 Å². The van der Waals surface area contributed by atoms with Crippen molar-refractivity contribution in [2.75, 3.05) is 23.9 Å². The zero-order valence-corrected chi connectivity index (χ0v) is 14.0. The van der Waals surface area contributed by atoms with Gasteiger partial charge in [-0.15, -0.1) is 0 Å². The molecule has 0 aromatic carbocycles. The first-order valence-electron chi connectivity index (χ1n) is 6.82. The molecule has 2 N–H and O–H groups in total. The van der Waals surface area contributed by atoms with E-state index >= 15 is 0 Å². The molecule has 0 saturated carbocycles. The first-order valence-corrected chi connectivity index (χ1v) is 8.43. The third-order valence-electron chi connectivity index (χ3n) is 2.78. The maximum absolute atomic E-state index is 12.0. The van der Waals surface area contributed by atoms with Crippen molar-refractivity contribution in [1.82, 2.24) is 14.7 Å². The van der Waals surface area contributed by atoms with Gasteiger partial charge in [0.15, 0.2) is 0 Å². The summed E-state index contributed by atoms with van der Waals surface area (Å²) in [5, 5.41) is 13.7. The summed E-state index contributed by atoms with van der Waals surface area (Å²) in [5.41, 5.74) is -0.663. The van der Waals surface area contributed by atoms with E-state index in [1.54, 1.807) is 0 Å². The second kappa shape index (κ2) is 10.2. The molecule has 22 heavy (non-hydrogen) atoms. The molecule has 0 bridgehead atoms. The highest BCUT2D eigenvalue weighted by molar-refractivity contribution is 7.97. The molecular weight excluding hydrogens is 326 g/mol. The second-order valence-electron chi connectivity index (χ2n) is 4.34. The van der Waals surface area contributed by atoms with E-state index < -0.39 is 16.5 Å². The third kappa shape index (κ3) is 5.68. The standard InChI is InChI=1S/C12H19N5O3S2/c1-13-11-10(17(19)20)9(14-8-15-11)12(18)16-22-7-5-3-2-4-6-21/h8,21H,2-7H2,1H3,(H,16,18)(H,13,14,15). The fourth-order valence-electron chi connectivity index (χ4n) is 1.71. The van der Waals surface area contributed by atoms with Crippen molar-refractivity contribution >= 4 is 42.0 Å². The molecule has 0 atom stereocenters. The minimum Gasteiger partial charge on any atom is -0.367 e. The molecule has 0 aliphatic rings. The maximum Gasteiger partial charge on any atom is 0.342 e. The molecule has 0 saturated heterocycles. The predicted molar refractivity (Wildman–Crippen MR) is 90.5 cm³/mol. The van der Waals surface area contributed by atoms with Crippen LogP contribution >= 0.6 is 24.6 Å².